The first-order valence-corrected chi connectivity index (χ1v) is 10.6. The Labute approximate surface area is 169 Å². The maximum absolute atomic E-state index is 13.4. The van der Waals surface area contributed by atoms with Crippen LogP contribution in [0, 0.1) is 5.82 Å². The molecular weight excluding hydrogens is 371 g/mol. The van der Waals surface area contributed by atoms with Crippen LogP contribution >= 0.6 is 0 Å². The highest BCUT2D eigenvalue weighted by Gasteiger charge is 2.25. The van der Waals surface area contributed by atoms with Gasteiger partial charge in [-0.25, -0.2) is 4.39 Å². The minimum atomic E-state index is -0.275. The summed E-state index contributed by atoms with van der Waals surface area (Å²) in [6, 6.07) is 4.72. The highest BCUT2D eigenvalue weighted by atomic mass is 19.1. The van der Waals surface area contributed by atoms with Crippen molar-refractivity contribution in [1.29, 1.82) is 0 Å². The summed E-state index contributed by atoms with van der Waals surface area (Å²) in [5.41, 5.74) is 5.73. The number of likely N-dealkylation sites (tertiary alicyclic amines) is 1. The minimum Gasteiger partial charge on any atom is -0.412 e. The Morgan fingerprint density at radius 1 is 1.17 bits per heavy atom. The zero-order valence-electron chi connectivity index (χ0n) is 16.7. The van der Waals surface area contributed by atoms with Crippen LogP contribution in [0.2, 0.25) is 0 Å². The fourth-order valence-corrected chi connectivity index (χ4v) is 4.88. The van der Waals surface area contributed by atoms with Crippen LogP contribution in [0.5, 0.6) is 0 Å². The molecule has 2 aromatic heterocycles. The van der Waals surface area contributed by atoms with Gasteiger partial charge in [0.05, 0.1) is 11.4 Å². The van der Waals surface area contributed by atoms with E-state index in [2.05, 4.69) is 20.3 Å². The van der Waals surface area contributed by atoms with Gasteiger partial charge < -0.3 is 14.9 Å². The Morgan fingerprint density at radius 2 is 2.00 bits per heavy atom. The lowest BCUT2D eigenvalue weighted by Crippen LogP contribution is -2.34. The Morgan fingerprint density at radius 3 is 2.86 bits per heavy atom. The average molecular weight is 400 g/mol. The fourth-order valence-electron chi connectivity index (χ4n) is 4.88. The smallest absolute Gasteiger partial charge is 0.170 e. The first kappa shape index (κ1) is 20.0. The third kappa shape index (κ3) is 4.07. The Kier molecular flexibility index (Phi) is 5.96. The molecular formula is C22H29FN4O2. The number of aromatic amines is 1. The summed E-state index contributed by atoms with van der Waals surface area (Å²) in [5, 5.41) is 13.0. The van der Waals surface area contributed by atoms with Gasteiger partial charge in [0.2, 0.25) is 0 Å². The highest BCUT2D eigenvalue weighted by Crippen LogP contribution is 2.33. The summed E-state index contributed by atoms with van der Waals surface area (Å²) in [6.45, 7) is 3.29. The van der Waals surface area contributed by atoms with Crippen molar-refractivity contribution in [2.45, 2.75) is 57.3 Å². The molecule has 1 aliphatic heterocycles. The summed E-state index contributed by atoms with van der Waals surface area (Å²) in [4.78, 5) is 2.55. The van der Waals surface area contributed by atoms with Crippen LogP contribution in [0.1, 0.15) is 60.7 Å². The normalized spacial score (nSPS) is 18.0. The predicted octanol–water partition coefficient (Wildman–Crippen LogP) is 3.56. The van der Waals surface area contributed by atoms with E-state index >= 15 is 0 Å². The number of benzene rings is 1. The number of nitrogens with one attached hydrogen (secondary N) is 1. The van der Waals surface area contributed by atoms with E-state index in [1.807, 2.05) is 0 Å². The number of H-pyrrole nitrogens is 1. The molecule has 1 aliphatic carbocycles. The van der Waals surface area contributed by atoms with Gasteiger partial charge in [-0.3, -0.25) is 5.10 Å². The van der Waals surface area contributed by atoms with Crippen molar-refractivity contribution in [3.63, 3.8) is 0 Å². The standard InChI is InChI=1S/C22H27FN4O.H2O/c23-16-7-8-18-21(14-16)28-26-22(18)15-9-12-27(13-10-15)11-3-6-20-17-4-1-2-5-19(17)24-25-20;/h7-8,14-15H,1-6,9-13H2,(H,24,25);1H2. The number of hydrogen-bond donors (Lipinski definition) is 1. The molecule has 0 atom stereocenters. The van der Waals surface area contributed by atoms with Crippen molar-refractivity contribution < 1.29 is 14.4 Å². The van der Waals surface area contributed by atoms with E-state index in [-0.39, 0.29) is 11.3 Å². The summed E-state index contributed by atoms with van der Waals surface area (Å²) in [7, 11) is 0. The van der Waals surface area contributed by atoms with E-state index in [4.69, 9.17) is 4.52 Å². The quantitative estimate of drug-likeness (QED) is 0.709. The molecule has 0 radical (unpaired) electrons. The van der Waals surface area contributed by atoms with Crippen molar-refractivity contribution in [2.24, 2.45) is 0 Å². The van der Waals surface area contributed by atoms with Gasteiger partial charge in [-0.05, 0) is 88.7 Å². The molecule has 2 aliphatic rings. The van der Waals surface area contributed by atoms with E-state index in [0.717, 1.165) is 56.4 Å². The van der Waals surface area contributed by atoms with Crippen LogP contribution in [-0.4, -0.2) is 45.4 Å². The lowest BCUT2D eigenvalue weighted by Gasteiger charge is -2.31. The highest BCUT2D eigenvalue weighted by molar-refractivity contribution is 5.79. The van der Waals surface area contributed by atoms with Gasteiger partial charge in [0.15, 0.2) is 5.58 Å². The Balaban J connectivity index is 0.00000205. The molecule has 0 bridgehead atoms. The second-order valence-electron chi connectivity index (χ2n) is 8.26. The van der Waals surface area contributed by atoms with Gasteiger partial charge in [0.25, 0.3) is 0 Å². The molecule has 1 fully saturated rings. The number of nitrogens with zero attached hydrogens (tertiary/aromatic N) is 3. The molecule has 0 saturated carbocycles. The molecule has 3 aromatic rings. The molecule has 0 amide bonds. The third-order valence-corrected chi connectivity index (χ3v) is 6.47. The average Bonchev–Trinajstić information content (AvgIpc) is 3.33. The number of hydrogen-bond acceptors (Lipinski definition) is 4. The Hall–Kier alpha value is -2.25. The van der Waals surface area contributed by atoms with Crippen molar-refractivity contribution >= 4 is 11.0 Å². The molecule has 3 heterocycles. The van der Waals surface area contributed by atoms with Crippen LogP contribution in [0.4, 0.5) is 4.39 Å². The molecule has 6 nitrogen and oxygen atoms in total. The number of halogens is 1. The lowest BCUT2D eigenvalue weighted by molar-refractivity contribution is 0.207. The number of aryl methyl sites for hydroxylation is 2. The topological polar surface area (TPSA) is 89.5 Å². The number of fused-ring (bicyclic) bond motifs is 2. The maximum atomic E-state index is 13.4. The van der Waals surface area contributed by atoms with Gasteiger partial charge in [-0.2, -0.15) is 5.10 Å². The molecule has 0 spiro atoms. The van der Waals surface area contributed by atoms with Crippen molar-refractivity contribution in [2.75, 3.05) is 19.6 Å². The van der Waals surface area contributed by atoms with Crippen molar-refractivity contribution in [1.82, 2.24) is 20.3 Å². The zero-order chi connectivity index (χ0) is 18.9. The SMILES string of the molecule is Fc1ccc2c(C3CCN(CCCc4n[nH]c5c4CCCC5)CC3)noc2c1.O. The van der Waals surface area contributed by atoms with E-state index < -0.39 is 0 Å². The van der Waals surface area contributed by atoms with Gasteiger partial charge in [0.1, 0.15) is 5.82 Å². The summed E-state index contributed by atoms with van der Waals surface area (Å²) in [5.74, 6) is 0.129. The Bertz CT molecular complexity index is 959. The second-order valence-corrected chi connectivity index (χ2v) is 8.26. The van der Waals surface area contributed by atoms with Crippen LogP contribution in [0.25, 0.3) is 11.0 Å². The fraction of sp³-hybridized carbons (Fsp3) is 0.545. The molecule has 3 N–H and O–H groups in total. The molecule has 29 heavy (non-hydrogen) atoms. The maximum Gasteiger partial charge on any atom is 0.170 e. The zero-order valence-corrected chi connectivity index (χ0v) is 16.7. The van der Waals surface area contributed by atoms with E-state index in [1.54, 1.807) is 6.07 Å². The minimum absolute atomic E-state index is 0. The monoisotopic (exact) mass is 400 g/mol. The van der Waals surface area contributed by atoms with Crippen molar-refractivity contribution in [3.05, 3.63) is 46.7 Å². The van der Waals surface area contributed by atoms with Crippen LogP contribution in [-0.2, 0) is 19.3 Å². The predicted molar refractivity (Wildman–Crippen MR) is 110 cm³/mol. The van der Waals surface area contributed by atoms with Crippen molar-refractivity contribution in [3.8, 4) is 0 Å². The summed E-state index contributed by atoms with van der Waals surface area (Å²) >= 11 is 0. The van der Waals surface area contributed by atoms with E-state index in [0.29, 0.717) is 11.5 Å². The molecule has 7 heteroatoms. The van der Waals surface area contributed by atoms with Gasteiger partial charge in [-0.15, -0.1) is 0 Å². The van der Waals surface area contributed by atoms with Gasteiger partial charge in [0, 0.05) is 23.1 Å². The van der Waals surface area contributed by atoms with Gasteiger partial charge in [-0.1, -0.05) is 5.16 Å². The summed E-state index contributed by atoms with van der Waals surface area (Å²) < 4.78 is 18.7. The molecule has 156 valence electrons. The van der Waals surface area contributed by atoms with Crippen LogP contribution in [0.15, 0.2) is 22.7 Å². The number of aromatic nitrogens is 3. The van der Waals surface area contributed by atoms with E-state index in [1.165, 1.54) is 54.8 Å². The van der Waals surface area contributed by atoms with Gasteiger partial charge >= 0.3 is 0 Å². The first-order chi connectivity index (χ1) is 13.8. The molecule has 1 aromatic carbocycles. The molecule has 5 rings (SSSR count). The summed E-state index contributed by atoms with van der Waals surface area (Å²) in [6.07, 6.45) is 9.35. The second kappa shape index (κ2) is 8.63. The largest absolute Gasteiger partial charge is 0.412 e. The van der Waals surface area contributed by atoms with Crippen LogP contribution < -0.4 is 0 Å². The molecule has 1 saturated heterocycles. The number of rotatable bonds is 5. The third-order valence-electron chi connectivity index (χ3n) is 6.47. The van der Waals surface area contributed by atoms with Crippen LogP contribution in [0.3, 0.4) is 0 Å². The molecule has 0 unspecified atom stereocenters. The van der Waals surface area contributed by atoms with E-state index in [9.17, 15) is 4.39 Å². The lowest BCUT2D eigenvalue weighted by atomic mass is 9.91. The first-order valence-electron chi connectivity index (χ1n) is 10.6. The number of piperidine rings is 1.